The van der Waals surface area contributed by atoms with Crippen molar-refractivity contribution in [1.82, 2.24) is 4.90 Å². The smallest absolute Gasteiger partial charge is 0.475 e. The summed E-state index contributed by atoms with van der Waals surface area (Å²) in [6.45, 7) is 5.83. The van der Waals surface area contributed by atoms with Crippen LogP contribution >= 0.6 is 11.3 Å². The number of carboxylic acid groups (broad SMARTS) is 1. The van der Waals surface area contributed by atoms with E-state index in [9.17, 15) is 13.2 Å². The lowest BCUT2D eigenvalue weighted by Gasteiger charge is -2.38. The minimum atomic E-state index is -5.08. The molecule has 1 aliphatic carbocycles. The average Bonchev–Trinajstić information content (AvgIpc) is 3.18. The molecular formula is C16H22F3NO4S. The third-order valence-corrected chi connectivity index (χ3v) is 5.07. The van der Waals surface area contributed by atoms with E-state index in [4.69, 9.17) is 19.4 Å². The molecule has 1 saturated carbocycles. The van der Waals surface area contributed by atoms with Crippen molar-refractivity contribution in [3.05, 3.63) is 22.4 Å². The summed E-state index contributed by atoms with van der Waals surface area (Å²) in [4.78, 5) is 12.9. The van der Waals surface area contributed by atoms with E-state index in [1.54, 1.807) is 0 Å². The zero-order valence-corrected chi connectivity index (χ0v) is 14.7. The molecule has 0 radical (unpaired) electrons. The van der Waals surface area contributed by atoms with Crippen molar-refractivity contribution in [1.29, 1.82) is 0 Å². The van der Waals surface area contributed by atoms with Gasteiger partial charge in [0.25, 0.3) is 0 Å². The molecule has 25 heavy (non-hydrogen) atoms. The van der Waals surface area contributed by atoms with Gasteiger partial charge >= 0.3 is 12.1 Å². The van der Waals surface area contributed by atoms with Gasteiger partial charge in [-0.1, -0.05) is 6.07 Å². The van der Waals surface area contributed by atoms with Gasteiger partial charge < -0.3 is 14.6 Å². The van der Waals surface area contributed by atoms with Crippen molar-refractivity contribution in [2.75, 3.05) is 19.8 Å². The van der Waals surface area contributed by atoms with Crippen LogP contribution in [-0.2, 0) is 20.8 Å². The van der Waals surface area contributed by atoms with Crippen molar-refractivity contribution in [2.24, 2.45) is 0 Å². The number of ether oxygens (including phenoxy) is 2. The number of halogens is 3. The third kappa shape index (κ3) is 5.67. The standard InChI is InChI=1S/C14H21NO2S.C2HF3O2/c1-2-16-13-6-5-12-14(13)17-8-7-15(12)10-11-4-3-9-18-11;3-2(4,5)1(6)7/h3-4,9,12-14H,2,5-8,10H2,1H3;(H,6,7)/t12-,13+,14+;/m0./s1. The summed E-state index contributed by atoms with van der Waals surface area (Å²) in [5, 5.41) is 9.28. The lowest BCUT2D eigenvalue weighted by Crippen LogP contribution is -2.51. The Morgan fingerprint density at radius 3 is 2.76 bits per heavy atom. The number of hydrogen-bond acceptors (Lipinski definition) is 5. The second kappa shape index (κ2) is 8.98. The second-order valence-electron chi connectivity index (χ2n) is 5.83. The van der Waals surface area contributed by atoms with Gasteiger partial charge in [-0.3, -0.25) is 4.90 Å². The monoisotopic (exact) mass is 381 g/mol. The van der Waals surface area contributed by atoms with E-state index in [2.05, 4.69) is 29.3 Å². The molecule has 0 bridgehead atoms. The summed E-state index contributed by atoms with van der Waals surface area (Å²) in [5.41, 5.74) is 0. The number of rotatable bonds is 4. The van der Waals surface area contributed by atoms with Gasteiger partial charge in [0, 0.05) is 30.6 Å². The largest absolute Gasteiger partial charge is 0.490 e. The van der Waals surface area contributed by atoms with Gasteiger partial charge in [0.2, 0.25) is 0 Å². The zero-order chi connectivity index (χ0) is 18.4. The van der Waals surface area contributed by atoms with Crippen LogP contribution in [0.4, 0.5) is 13.2 Å². The Bertz CT molecular complexity index is 538. The highest BCUT2D eigenvalue weighted by atomic mass is 32.1. The Morgan fingerprint density at radius 1 is 1.48 bits per heavy atom. The minimum Gasteiger partial charge on any atom is -0.475 e. The average molecular weight is 381 g/mol. The first-order valence-corrected chi connectivity index (χ1v) is 9.00. The maximum atomic E-state index is 10.6. The van der Waals surface area contributed by atoms with Crippen LogP contribution in [0.15, 0.2) is 17.5 Å². The first kappa shape index (κ1) is 20.2. The topological polar surface area (TPSA) is 59.0 Å². The van der Waals surface area contributed by atoms with Crippen molar-refractivity contribution in [3.63, 3.8) is 0 Å². The predicted octanol–water partition coefficient (Wildman–Crippen LogP) is 3.15. The highest BCUT2D eigenvalue weighted by molar-refractivity contribution is 7.09. The fraction of sp³-hybridized carbons (Fsp3) is 0.688. The lowest BCUT2D eigenvalue weighted by atomic mass is 10.1. The molecule has 1 saturated heterocycles. The molecule has 0 amide bonds. The van der Waals surface area contributed by atoms with E-state index in [1.807, 2.05) is 11.3 Å². The molecule has 9 heteroatoms. The number of aliphatic carboxylic acids is 1. The first-order valence-electron chi connectivity index (χ1n) is 8.12. The Morgan fingerprint density at radius 2 is 2.20 bits per heavy atom. The highest BCUT2D eigenvalue weighted by Gasteiger charge is 2.43. The van der Waals surface area contributed by atoms with Gasteiger partial charge in [-0.15, -0.1) is 11.3 Å². The minimum absolute atomic E-state index is 0.290. The van der Waals surface area contributed by atoms with Crippen molar-refractivity contribution < 1.29 is 32.5 Å². The summed E-state index contributed by atoms with van der Waals surface area (Å²) >= 11 is 1.85. The molecule has 1 aromatic heterocycles. The number of carbonyl (C=O) groups is 1. The maximum absolute atomic E-state index is 10.6. The van der Waals surface area contributed by atoms with Gasteiger partial charge in [0.15, 0.2) is 0 Å². The molecule has 0 unspecified atom stereocenters. The molecule has 0 aromatic carbocycles. The number of hydrogen-bond donors (Lipinski definition) is 1. The molecule has 3 atom stereocenters. The first-order chi connectivity index (χ1) is 11.8. The molecule has 2 aliphatic rings. The Balaban J connectivity index is 0.000000277. The number of morpholine rings is 1. The Hall–Kier alpha value is -1.16. The Labute approximate surface area is 148 Å². The summed E-state index contributed by atoms with van der Waals surface area (Å²) in [6.07, 6.45) is -2.13. The molecule has 1 N–H and O–H groups in total. The van der Waals surface area contributed by atoms with Crippen LogP contribution in [0.25, 0.3) is 0 Å². The molecule has 2 fully saturated rings. The molecule has 3 rings (SSSR count). The van der Waals surface area contributed by atoms with Crippen LogP contribution < -0.4 is 0 Å². The van der Waals surface area contributed by atoms with E-state index < -0.39 is 12.1 Å². The molecule has 2 heterocycles. The van der Waals surface area contributed by atoms with Gasteiger partial charge in [0.1, 0.15) is 0 Å². The van der Waals surface area contributed by atoms with Gasteiger partial charge in [-0.05, 0) is 31.2 Å². The number of alkyl halides is 3. The molecule has 0 spiro atoms. The van der Waals surface area contributed by atoms with Crippen LogP contribution in [0.5, 0.6) is 0 Å². The van der Waals surface area contributed by atoms with Gasteiger partial charge in [-0.2, -0.15) is 13.2 Å². The fourth-order valence-corrected chi connectivity index (χ4v) is 3.91. The molecule has 5 nitrogen and oxygen atoms in total. The molecule has 1 aliphatic heterocycles. The van der Waals surface area contributed by atoms with Crippen LogP contribution in [0.3, 0.4) is 0 Å². The van der Waals surface area contributed by atoms with Crippen LogP contribution in [0.2, 0.25) is 0 Å². The third-order valence-electron chi connectivity index (χ3n) is 4.21. The predicted molar refractivity (Wildman–Crippen MR) is 86.6 cm³/mol. The summed E-state index contributed by atoms with van der Waals surface area (Å²) in [6, 6.07) is 4.91. The number of nitrogens with zero attached hydrogens (tertiary/aromatic N) is 1. The zero-order valence-electron chi connectivity index (χ0n) is 13.9. The van der Waals surface area contributed by atoms with Crippen LogP contribution in [0.1, 0.15) is 24.6 Å². The van der Waals surface area contributed by atoms with E-state index >= 15 is 0 Å². The van der Waals surface area contributed by atoms with Crippen molar-refractivity contribution in [2.45, 2.75) is 50.7 Å². The summed E-state index contributed by atoms with van der Waals surface area (Å²) < 4.78 is 43.5. The molecular weight excluding hydrogens is 359 g/mol. The normalized spacial score (nSPS) is 26.6. The van der Waals surface area contributed by atoms with Crippen molar-refractivity contribution >= 4 is 17.3 Å². The second-order valence-corrected chi connectivity index (χ2v) is 6.86. The Kier molecular flexibility index (Phi) is 7.24. The summed E-state index contributed by atoms with van der Waals surface area (Å²) in [7, 11) is 0. The highest BCUT2D eigenvalue weighted by Crippen LogP contribution is 2.33. The quantitative estimate of drug-likeness (QED) is 0.868. The summed E-state index contributed by atoms with van der Waals surface area (Å²) in [5.74, 6) is -2.76. The lowest BCUT2D eigenvalue weighted by molar-refractivity contribution is -0.192. The van der Waals surface area contributed by atoms with Gasteiger partial charge in [-0.25, -0.2) is 4.79 Å². The van der Waals surface area contributed by atoms with E-state index in [-0.39, 0.29) is 0 Å². The van der Waals surface area contributed by atoms with Crippen molar-refractivity contribution in [3.8, 4) is 0 Å². The van der Waals surface area contributed by atoms with Gasteiger partial charge in [0.05, 0.1) is 18.8 Å². The molecule has 1 aromatic rings. The SMILES string of the molecule is CCO[C@@H]1CC[C@H]2[C@H]1OCCN2Cc1cccs1.O=C(O)C(F)(F)F. The van der Waals surface area contributed by atoms with Crippen LogP contribution in [0, 0.1) is 0 Å². The fourth-order valence-electron chi connectivity index (χ4n) is 3.18. The maximum Gasteiger partial charge on any atom is 0.490 e. The van der Waals surface area contributed by atoms with E-state index in [0.29, 0.717) is 18.2 Å². The number of thiophene rings is 1. The van der Waals surface area contributed by atoms with E-state index in [1.165, 1.54) is 11.3 Å². The van der Waals surface area contributed by atoms with Crippen LogP contribution in [-0.4, -0.2) is 60.2 Å². The molecule has 142 valence electrons. The number of fused-ring (bicyclic) bond motifs is 1. The number of carboxylic acids is 1. The van der Waals surface area contributed by atoms with E-state index in [0.717, 1.165) is 32.7 Å².